The number of carboxylic acid groups (broad SMARTS) is 1. The number of aliphatic carboxylic acids is 1. The molecule has 0 fully saturated rings. The Morgan fingerprint density at radius 2 is 2.36 bits per heavy atom. The number of hydrogen-bond acceptors (Lipinski definition) is 2. The molecule has 2 rings (SSSR count). The van der Waals surface area contributed by atoms with Crippen LogP contribution in [-0.2, 0) is 17.6 Å². The third kappa shape index (κ3) is 1.71. The number of anilines is 1. The third-order valence-electron chi connectivity index (χ3n) is 2.57. The molecule has 14 heavy (non-hydrogen) atoms. The van der Waals surface area contributed by atoms with Crippen LogP contribution in [0.15, 0.2) is 18.2 Å². The van der Waals surface area contributed by atoms with Crippen LogP contribution in [0.2, 0.25) is 0 Å². The van der Waals surface area contributed by atoms with Gasteiger partial charge in [-0.2, -0.15) is 0 Å². The normalized spacial score (nSPS) is 13.4. The van der Waals surface area contributed by atoms with Gasteiger partial charge in [0.1, 0.15) is 0 Å². The molecule has 0 radical (unpaired) electrons. The number of aryl methyl sites for hydroxylation is 1. The van der Waals surface area contributed by atoms with Crippen LogP contribution in [0.4, 0.5) is 5.69 Å². The molecule has 0 atom stereocenters. The summed E-state index contributed by atoms with van der Waals surface area (Å²) in [6.07, 6.45) is 1.88. The molecule has 0 amide bonds. The summed E-state index contributed by atoms with van der Waals surface area (Å²) in [6.45, 7) is 0.972. The van der Waals surface area contributed by atoms with E-state index in [1.54, 1.807) is 0 Å². The largest absolute Gasteiger partial charge is 0.481 e. The molecule has 1 aromatic carbocycles. The predicted molar refractivity (Wildman–Crippen MR) is 54.6 cm³/mol. The average Bonchev–Trinajstić information content (AvgIpc) is 2.62. The van der Waals surface area contributed by atoms with Crippen molar-refractivity contribution in [1.82, 2.24) is 0 Å². The highest BCUT2D eigenvalue weighted by atomic mass is 16.4. The summed E-state index contributed by atoms with van der Waals surface area (Å²) < 4.78 is 0. The lowest BCUT2D eigenvalue weighted by Crippen LogP contribution is -1.99. The van der Waals surface area contributed by atoms with E-state index in [0.717, 1.165) is 13.0 Å². The molecule has 2 N–H and O–H groups in total. The Morgan fingerprint density at radius 1 is 1.50 bits per heavy atom. The SMILES string of the molecule is O=C(O)CCc1cccc2c1CCN2. The fourth-order valence-corrected chi connectivity index (χ4v) is 1.89. The van der Waals surface area contributed by atoms with Gasteiger partial charge in [0.25, 0.3) is 0 Å². The minimum absolute atomic E-state index is 0.219. The molecule has 1 aliphatic heterocycles. The summed E-state index contributed by atoms with van der Waals surface area (Å²) in [4.78, 5) is 10.5. The lowest BCUT2D eigenvalue weighted by molar-refractivity contribution is -0.136. The van der Waals surface area contributed by atoms with Gasteiger partial charge in [0.05, 0.1) is 0 Å². The Kier molecular flexibility index (Phi) is 2.39. The molecule has 1 heterocycles. The fraction of sp³-hybridized carbons (Fsp3) is 0.364. The van der Waals surface area contributed by atoms with E-state index in [-0.39, 0.29) is 6.42 Å². The standard InChI is InChI=1S/C11H13NO2/c13-11(14)5-4-8-2-1-3-10-9(8)6-7-12-10/h1-3,12H,4-7H2,(H,13,14). The van der Waals surface area contributed by atoms with Gasteiger partial charge in [0.15, 0.2) is 0 Å². The Morgan fingerprint density at radius 3 is 3.14 bits per heavy atom. The molecule has 0 spiro atoms. The van der Waals surface area contributed by atoms with Crippen LogP contribution in [0.5, 0.6) is 0 Å². The highest BCUT2D eigenvalue weighted by molar-refractivity contribution is 5.67. The predicted octanol–water partition coefficient (Wildman–Crippen LogP) is 1.67. The van der Waals surface area contributed by atoms with Gasteiger partial charge in [-0.25, -0.2) is 0 Å². The number of fused-ring (bicyclic) bond motifs is 1. The monoisotopic (exact) mass is 191 g/mol. The maximum absolute atomic E-state index is 10.5. The first-order chi connectivity index (χ1) is 6.77. The zero-order valence-corrected chi connectivity index (χ0v) is 7.92. The Hall–Kier alpha value is -1.51. The Balaban J connectivity index is 2.17. The molecule has 0 bridgehead atoms. The number of hydrogen-bond donors (Lipinski definition) is 2. The van der Waals surface area contributed by atoms with Gasteiger partial charge in [0.2, 0.25) is 0 Å². The lowest BCUT2D eigenvalue weighted by Gasteiger charge is -2.05. The topological polar surface area (TPSA) is 49.3 Å². The van der Waals surface area contributed by atoms with E-state index in [4.69, 9.17) is 5.11 Å². The Bertz CT molecular complexity index is 360. The van der Waals surface area contributed by atoms with Crippen LogP contribution < -0.4 is 5.32 Å². The zero-order chi connectivity index (χ0) is 9.97. The number of carboxylic acids is 1. The number of rotatable bonds is 3. The first kappa shape index (κ1) is 9.06. The minimum atomic E-state index is -0.728. The molecule has 1 aliphatic rings. The van der Waals surface area contributed by atoms with E-state index < -0.39 is 5.97 Å². The van der Waals surface area contributed by atoms with Gasteiger partial charge in [-0.15, -0.1) is 0 Å². The molecule has 0 saturated carbocycles. The molecule has 1 aromatic rings. The maximum atomic E-state index is 10.5. The van der Waals surface area contributed by atoms with Crippen molar-refractivity contribution in [2.75, 3.05) is 11.9 Å². The molecule has 0 aromatic heterocycles. The maximum Gasteiger partial charge on any atom is 0.303 e. The number of nitrogens with one attached hydrogen (secondary N) is 1. The van der Waals surface area contributed by atoms with E-state index in [1.807, 2.05) is 18.2 Å². The van der Waals surface area contributed by atoms with Crippen molar-refractivity contribution in [2.45, 2.75) is 19.3 Å². The van der Waals surface area contributed by atoms with E-state index in [0.29, 0.717) is 6.42 Å². The van der Waals surface area contributed by atoms with Crippen LogP contribution in [0, 0.1) is 0 Å². The summed E-state index contributed by atoms with van der Waals surface area (Å²) in [7, 11) is 0. The van der Waals surface area contributed by atoms with Crippen LogP contribution in [0.3, 0.4) is 0 Å². The second kappa shape index (κ2) is 3.70. The first-order valence-electron chi connectivity index (χ1n) is 4.84. The minimum Gasteiger partial charge on any atom is -0.481 e. The van der Waals surface area contributed by atoms with Crippen molar-refractivity contribution in [1.29, 1.82) is 0 Å². The van der Waals surface area contributed by atoms with Gasteiger partial charge in [-0.05, 0) is 30.0 Å². The second-order valence-electron chi connectivity index (χ2n) is 3.51. The summed E-state index contributed by atoms with van der Waals surface area (Å²) in [5, 5.41) is 11.9. The van der Waals surface area contributed by atoms with Crippen LogP contribution >= 0.6 is 0 Å². The summed E-state index contributed by atoms with van der Waals surface area (Å²) in [5.74, 6) is -0.728. The molecule has 74 valence electrons. The number of carbonyl (C=O) groups is 1. The zero-order valence-electron chi connectivity index (χ0n) is 7.92. The average molecular weight is 191 g/mol. The first-order valence-corrected chi connectivity index (χ1v) is 4.84. The second-order valence-corrected chi connectivity index (χ2v) is 3.51. The summed E-state index contributed by atoms with van der Waals surface area (Å²) in [5.41, 5.74) is 3.65. The van der Waals surface area contributed by atoms with E-state index in [1.165, 1.54) is 16.8 Å². The van der Waals surface area contributed by atoms with Gasteiger partial charge in [-0.1, -0.05) is 12.1 Å². The van der Waals surface area contributed by atoms with Crippen molar-refractivity contribution in [3.05, 3.63) is 29.3 Å². The summed E-state index contributed by atoms with van der Waals surface area (Å²) >= 11 is 0. The lowest BCUT2D eigenvalue weighted by atomic mass is 10.0. The van der Waals surface area contributed by atoms with Gasteiger partial charge in [0, 0.05) is 18.7 Å². The van der Waals surface area contributed by atoms with E-state index >= 15 is 0 Å². The van der Waals surface area contributed by atoms with Crippen LogP contribution in [-0.4, -0.2) is 17.6 Å². The smallest absolute Gasteiger partial charge is 0.303 e. The van der Waals surface area contributed by atoms with Crippen molar-refractivity contribution < 1.29 is 9.90 Å². The van der Waals surface area contributed by atoms with Crippen LogP contribution in [0.25, 0.3) is 0 Å². The van der Waals surface area contributed by atoms with Gasteiger partial charge < -0.3 is 10.4 Å². The molecule has 0 aliphatic carbocycles. The molecule has 3 nitrogen and oxygen atoms in total. The molecule has 0 saturated heterocycles. The fourth-order valence-electron chi connectivity index (χ4n) is 1.89. The summed E-state index contributed by atoms with van der Waals surface area (Å²) in [6, 6.07) is 6.05. The molecular formula is C11H13NO2. The van der Waals surface area contributed by atoms with Gasteiger partial charge in [-0.3, -0.25) is 4.79 Å². The van der Waals surface area contributed by atoms with Crippen LogP contribution in [0.1, 0.15) is 17.5 Å². The highest BCUT2D eigenvalue weighted by Crippen LogP contribution is 2.26. The van der Waals surface area contributed by atoms with E-state index in [9.17, 15) is 4.79 Å². The van der Waals surface area contributed by atoms with E-state index in [2.05, 4.69) is 5.32 Å². The molecular weight excluding hydrogens is 178 g/mol. The molecule has 3 heteroatoms. The molecule has 0 unspecified atom stereocenters. The van der Waals surface area contributed by atoms with Crippen molar-refractivity contribution in [3.8, 4) is 0 Å². The quantitative estimate of drug-likeness (QED) is 0.764. The highest BCUT2D eigenvalue weighted by Gasteiger charge is 2.13. The van der Waals surface area contributed by atoms with Gasteiger partial charge >= 0.3 is 5.97 Å². The van der Waals surface area contributed by atoms with Crippen molar-refractivity contribution >= 4 is 11.7 Å². The van der Waals surface area contributed by atoms with Crippen molar-refractivity contribution in [3.63, 3.8) is 0 Å². The third-order valence-corrected chi connectivity index (χ3v) is 2.57. The number of benzene rings is 1. The van der Waals surface area contributed by atoms with Crippen molar-refractivity contribution in [2.24, 2.45) is 0 Å². The Labute approximate surface area is 82.8 Å².